The third-order valence-electron chi connectivity index (χ3n) is 5.36. The minimum absolute atomic E-state index is 0.00882. The Morgan fingerprint density at radius 1 is 1.08 bits per heavy atom. The number of alkyl halides is 3. The van der Waals surface area contributed by atoms with Crippen LogP contribution in [-0.4, -0.2) is 43.5 Å². The normalized spacial score (nSPS) is 23.8. The zero-order valence-corrected chi connectivity index (χ0v) is 16.3. The molecule has 144 valence electrons. The quantitative estimate of drug-likeness (QED) is 0.682. The smallest absolute Gasteiger partial charge is 0.326 e. The average Bonchev–Trinajstić information content (AvgIpc) is 2.55. The number of carbonyl (C=O) groups is 1. The van der Waals surface area contributed by atoms with Crippen molar-refractivity contribution >= 4 is 31.7 Å². The van der Waals surface area contributed by atoms with Crippen LogP contribution in [0, 0.1) is 5.41 Å². The fourth-order valence-electron chi connectivity index (χ4n) is 3.93. The van der Waals surface area contributed by atoms with Gasteiger partial charge in [-0.1, -0.05) is 28.1 Å². The van der Waals surface area contributed by atoms with Gasteiger partial charge in [0.05, 0.1) is 16.9 Å². The standard InChI is InChI=1S/C17H19BrF3NO3S/c18-13-4-2-12(3-5-13)14(17(19,20)21)22-9-1-6-16(15(22)23)7-10-26(24,25)11-8-16/h2-5,14H,1,6-11H2/t14-/m0/s1. The second kappa shape index (κ2) is 6.82. The Hall–Kier alpha value is -1.09. The average molecular weight is 454 g/mol. The number of hydrogen-bond acceptors (Lipinski definition) is 3. The summed E-state index contributed by atoms with van der Waals surface area (Å²) in [7, 11) is -3.20. The molecule has 1 aromatic rings. The fourth-order valence-corrected chi connectivity index (χ4v) is 5.80. The van der Waals surface area contributed by atoms with Gasteiger partial charge in [0.1, 0.15) is 9.84 Å². The molecule has 0 bridgehead atoms. The first kappa shape index (κ1) is 19.7. The molecule has 1 amide bonds. The van der Waals surface area contributed by atoms with Crippen LogP contribution in [0.15, 0.2) is 28.7 Å². The van der Waals surface area contributed by atoms with E-state index in [2.05, 4.69) is 15.9 Å². The zero-order valence-electron chi connectivity index (χ0n) is 13.9. The molecule has 2 fully saturated rings. The number of likely N-dealkylation sites (tertiary alicyclic amines) is 1. The predicted molar refractivity (Wildman–Crippen MR) is 94.2 cm³/mol. The van der Waals surface area contributed by atoms with Crippen molar-refractivity contribution in [3.05, 3.63) is 34.3 Å². The van der Waals surface area contributed by atoms with Crippen molar-refractivity contribution < 1.29 is 26.4 Å². The lowest BCUT2D eigenvalue weighted by Gasteiger charge is -2.46. The molecule has 1 aromatic carbocycles. The highest BCUT2D eigenvalue weighted by molar-refractivity contribution is 9.10. The molecule has 0 radical (unpaired) electrons. The minimum atomic E-state index is -4.61. The lowest BCUT2D eigenvalue weighted by molar-refractivity contribution is -0.200. The van der Waals surface area contributed by atoms with Crippen molar-refractivity contribution in [3.8, 4) is 0 Å². The molecule has 4 nitrogen and oxygen atoms in total. The molecule has 0 aliphatic carbocycles. The van der Waals surface area contributed by atoms with Gasteiger partial charge >= 0.3 is 6.18 Å². The molecule has 26 heavy (non-hydrogen) atoms. The Bertz CT molecular complexity index is 778. The summed E-state index contributed by atoms with van der Waals surface area (Å²) in [6.07, 6.45) is -3.51. The number of rotatable bonds is 2. The van der Waals surface area contributed by atoms with Crippen LogP contribution in [0.4, 0.5) is 13.2 Å². The van der Waals surface area contributed by atoms with Gasteiger partial charge in [-0.2, -0.15) is 13.2 Å². The van der Waals surface area contributed by atoms with E-state index in [1.807, 2.05) is 0 Å². The summed E-state index contributed by atoms with van der Waals surface area (Å²) < 4.78 is 65.6. The predicted octanol–water partition coefficient (Wildman–Crippen LogP) is 3.87. The van der Waals surface area contributed by atoms with E-state index in [9.17, 15) is 26.4 Å². The Kier molecular flexibility index (Phi) is 5.16. The van der Waals surface area contributed by atoms with Gasteiger partial charge in [0.2, 0.25) is 5.91 Å². The van der Waals surface area contributed by atoms with E-state index in [0.29, 0.717) is 17.3 Å². The van der Waals surface area contributed by atoms with Crippen LogP contribution < -0.4 is 0 Å². The lowest BCUT2D eigenvalue weighted by atomic mass is 9.73. The number of nitrogens with zero attached hydrogens (tertiary/aromatic N) is 1. The van der Waals surface area contributed by atoms with Crippen LogP contribution in [0.1, 0.15) is 37.3 Å². The molecular weight excluding hydrogens is 435 g/mol. The number of hydrogen-bond donors (Lipinski definition) is 0. The first-order valence-electron chi connectivity index (χ1n) is 8.38. The summed E-state index contributed by atoms with van der Waals surface area (Å²) in [5, 5.41) is 0. The largest absolute Gasteiger partial charge is 0.413 e. The molecule has 0 N–H and O–H groups in total. The minimum Gasteiger partial charge on any atom is -0.326 e. The van der Waals surface area contributed by atoms with Gasteiger partial charge in [0, 0.05) is 11.0 Å². The van der Waals surface area contributed by atoms with Crippen LogP contribution in [0.5, 0.6) is 0 Å². The van der Waals surface area contributed by atoms with Gasteiger partial charge < -0.3 is 4.90 Å². The summed E-state index contributed by atoms with van der Waals surface area (Å²) in [6.45, 7) is 0.0214. The van der Waals surface area contributed by atoms with Crippen molar-refractivity contribution in [2.45, 2.75) is 37.9 Å². The van der Waals surface area contributed by atoms with Gasteiger partial charge in [-0.25, -0.2) is 8.42 Å². The summed E-state index contributed by atoms with van der Waals surface area (Å²) in [4.78, 5) is 14.0. The monoisotopic (exact) mass is 453 g/mol. The number of amides is 1. The second-order valence-corrected chi connectivity index (χ2v) is 10.2. The topological polar surface area (TPSA) is 54.5 Å². The summed E-state index contributed by atoms with van der Waals surface area (Å²) >= 11 is 3.20. The highest BCUT2D eigenvalue weighted by Crippen LogP contribution is 2.47. The van der Waals surface area contributed by atoms with Gasteiger partial charge in [-0.05, 0) is 43.4 Å². The molecule has 3 rings (SSSR count). The Labute approximate surface area is 158 Å². The highest BCUT2D eigenvalue weighted by Gasteiger charge is 2.54. The summed E-state index contributed by atoms with van der Waals surface area (Å²) in [5.41, 5.74) is -0.975. The maximum atomic E-state index is 13.8. The highest BCUT2D eigenvalue weighted by atomic mass is 79.9. The van der Waals surface area contributed by atoms with E-state index in [1.165, 1.54) is 24.3 Å². The molecule has 2 aliphatic rings. The Morgan fingerprint density at radius 3 is 2.19 bits per heavy atom. The molecule has 2 saturated heterocycles. The zero-order chi connectivity index (χ0) is 19.2. The van der Waals surface area contributed by atoms with Crippen LogP contribution in [0.25, 0.3) is 0 Å². The van der Waals surface area contributed by atoms with E-state index in [1.54, 1.807) is 0 Å². The number of sulfone groups is 1. The molecule has 0 unspecified atom stereocenters. The SMILES string of the molecule is O=C1N([C@@H](c2ccc(Br)cc2)C(F)(F)F)CCCC12CCS(=O)(=O)CC2. The van der Waals surface area contributed by atoms with E-state index in [4.69, 9.17) is 0 Å². The number of piperidine rings is 1. The molecule has 0 saturated carbocycles. The van der Waals surface area contributed by atoms with Gasteiger partial charge in [-0.15, -0.1) is 0 Å². The van der Waals surface area contributed by atoms with Crippen molar-refractivity contribution in [1.29, 1.82) is 0 Å². The summed E-state index contributed by atoms with van der Waals surface area (Å²) in [5.74, 6) is -0.841. The van der Waals surface area contributed by atoms with E-state index < -0.39 is 33.4 Å². The van der Waals surface area contributed by atoms with Crippen LogP contribution in [-0.2, 0) is 14.6 Å². The number of benzene rings is 1. The van der Waals surface area contributed by atoms with Gasteiger partial charge in [-0.3, -0.25) is 4.79 Å². The molecule has 1 spiro atoms. The maximum absolute atomic E-state index is 13.8. The third kappa shape index (κ3) is 3.78. The van der Waals surface area contributed by atoms with Crippen molar-refractivity contribution in [2.24, 2.45) is 5.41 Å². The first-order chi connectivity index (χ1) is 12.0. The van der Waals surface area contributed by atoms with Crippen molar-refractivity contribution in [3.63, 3.8) is 0 Å². The van der Waals surface area contributed by atoms with Crippen LogP contribution in [0.2, 0.25) is 0 Å². The van der Waals surface area contributed by atoms with Crippen LogP contribution in [0.3, 0.4) is 0 Å². The van der Waals surface area contributed by atoms with Crippen molar-refractivity contribution in [1.82, 2.24) is 4.90 Å². The lowest BCUT2D eigenvalue weighted by Crippen LogP contribution is -2.55. The van der Waals surface area contributed by atoms with Crippen molar-refractivity contribution in [2.75, 3.05) is 18.1 Å². The van der Waals surface area contributed by atoms with Crippen LogP contribution >= 0.6 is 15.9 Å². The van der Waals surface area contributed by atoms with E-state index in [-0.39, 0.29) is 36.5 Å². The molecule has 9 heteroatoms. The molecule has 1 atom stereocenters. The molecule has 2 heterocycles. The van der Waals surface area contributed by atoms with Gasteiger partial charge in [0.15, 0.2) is 6.04 Å². The Balaban J connectivity index is 1.94. The number of carbonyl (C=O) groups excluding carboxylic acids is 1. The first-order valence-corrected chi connectivity index (χ1v) is 11.0. The Morgan fingerprint density at radius 2 is 1.65 bits per heavy atom. The summed E-state index contributed by atoms with van der Waals surface area (Å²) in [6, 6.07) is 3.75. The second-order valence-electron chi connectivity index (χ2n) is 7.03. The van der Waals surface area contributed by atoms with E-state index >= 15 is 0 Å². The van der Waals surface area contributed by atoms with E-state index in [0.717, 1.165) is 4.90 Å². The fraction of sp³-hybridized carbons (Fsp3) is 0.588. The number of halogens is 4. The van der Waals surface area contributed by atoms with Gasteiger partial charge in [0.25, 0.3) is 0 Å². The maximum Gasteiger partial charge on any atom is 0.413 e. The molecular formula is C17H19BrF3NO3S. The molecule has 2 aliphatic heterocycles. The third-order valence-corrected chi connectivity index (χ3v) is 7.54. The molecule has 0 aromatic heterocycles.